The largest absolute Gasteiger partial charge is 0.481 e. The van der Waals surface area contributed by atoms with Gasteiger partial charge in [-0.15, -0.1) is 10.2 Å². The zero-order valence-corrected chi connectivity index (χ0v) is 19.3. The van der Waals surface area contributed by atoms with Crippen molar-refractivity contribution in [3.05, 3.63) is 63.4 Å². The summed E-state index contributed by atoms with van der Waals surface area (Å²) in [5.41, 5.74) is 0.645. The van der Waals surface area contributed by atoms with Gasteiger partial charge in [0.2, 0.25) is 5.91 Å². The molecule has 10 heteroatoms. The highest BCUT2D eigenvalue weighted by molar-refractivity contribution is 7.99. The number of halogens is 3. The molecule has 1 atom stereocenters. The molecule has 3 aromatic rings. The third-order valence-electron chi connectivity index (χ3n) is 4.06. The number of thioether (sulfide) groups is 1. The summed E-state index contributed by atoms with van der Waals surface area (Å²) in [6.45, 7) is 4.45. The van der Waals surface area contributed by atoms with Gasteiger partial charge < -0.3 is 14.6 Å². The fourth-order valence-corrected chi connectivity index (χ4v) is 4.03. The molecule has 0 aliphatic heterocycles. The van der Waals surface area contributed by atoms with E-state index in [2.05, 4.69) is 15.5 Å². The Labute approximate surface area is 193 Å². The fourth-order valence-electron chi connectivity index (χ4n) is 2.71. The minimum absolute atomic E-state index is 0.163. The Morgan fingerprint density at radius 2 is 1.93 bits per heavy atom. The second-order valence-electron chi connectivity index (χ2n) is 6.27. The Morgan fingerprint density at radius 1 is 1.17 bits per heavy atom. The standard InChI is InChI=1S/C20H19Cl3N4O2S/c1-3-27-19(12(2)29-17-10-14(22)7-8-16(17)23)25-26-20(27)30-11-18(28)24-15-6-4-5-13(21)9-15/h4-10,12H,3,11H2,1-2H3,(H,24,28). The van der Waals surface area contributed by atoms with Crippen LogP contribution in [0, 0.1) is 0 Å². The van der Waals surface area contributed by atoms with Crippen LogP contribution in [0.4, 0.5) is 5.69 Å². The smallest absolute Gasteiger partial charge is 0.234 e. The zero-order chi connectivity index (χ0) is 21.7. The predicted molar refractivity (Wildman–Crippen MR) is 122 cm³/mol. The number of ether oxygens (including phenoxy) is 1. The van der Waals surface area contributed by atoms with Gasteiger partial charge in [0, 0.05) is 28.3 Å². The number of anilines is 1. The lowest BCUT2D eigenvalue weighted by Crippen LogP contribution is -2.15. The number of carbonyl (C=O) groups is 1. The van der Waals surface area contributed by atoms with Gasteiger partial charge in [-0.25, -0.2) is 0 Å². The molecule has 30 heavy (non-hydrogen) atoms. The van der Waals surface area contributed by atoms with Crippen LogP contribution in [0.2, 0.25) is 15.1 Å². The predicted octanol–water partition coefficient (Wildman–Crippen LogP) is 6.13. The van der Waals surface area contributed by atoms with Crippen LogP contribution in [0.3, 0.4) is 0 Å². The highest BCUT2D eigenvalue weighted by Gasteiger charge is 2.20. The van der Waals surface area contributed by atoms with E-state index in [0.717, 1.165) is 0 Å². The van der Waals surface area contributed by atoms with Gasteiger partial charge in [-0.05, 0) is 44.2 Å². The molecular weight excluding hydrogens is 467 g/mol. The van der Waals surface area contributed by atoms with Crippen LogP contribution < -0.4 is 10.1 Å². The lowest BCUT2D eigenvalue weighted by molar-refractivity contribution is -0.113. The first-order chi connectivity index (χ1) is 14.4. The van der Waals surface area contributed by atoms with Crippen molar-refractivity contribution in [1.29, 1.82) is 0 Å². The lowest BCUT2D eigenvalue weighted by Gasteiger charge is -2.16. The molecule has 0 saturated carbocycles. The molecule has 3 rings (SSSR count). The quantitative estimate of drug-likeness (QED) is 0.389. The minimum Gasteiger partial charge on any atom is -0.481 e. The maximum atomic E-state index is 12.3. The fraction of sp³-hybridized carbons (Fsp3) is 0.250. The van der Waals surface area contributed by atoms with E-state index in [0.29, 0.717) is 44.0 Å². The molecule has 6 nitrogen and oxygen atoms in total. The third-order valence-corrected chi connectivity index (χ3v) is 5.81. The van der Waals surface area contributed by atoms with Gasteiger partial charge in [0.05, 0.1) is 10.8 Å². The Hall–Kier alpha value is -1.93. The van der Waals surface area contributed by atoms with Gasteiger partial charge in [0.15, 0.2) is 17.1 Å². The number of carbonyl (C=O) groups excluding carboxylic acids is 1. The average molecular weight is 486 g/mol. The molecular formula is C20H19Cl3N4O2S. The van der Waals surface area contributed by atoms with Gasteiger partial charge in [-0.1, -0.05) is 52.6 Å². The van der Waals surface area contributed by atoms with E-state index in [1.165, 1.54) is 11.8 Å². The highest BCUT2D eigenvalue weighted by atomic mass is 35.5. The first kappa shape index (κ1) is 22.7. The summed E-state index contributed by atoms with van der Waals surface area (Å²) >= 11 is 19.4. The van der Waals surface area contributed by atoms with Gasteiger partial charge >= 0.3 is 0 Å². The lowest BCUT2D eigenvalue weighted by atomic mass is 10.3. The molecule has 1 aromatic heterocycles. The summed E-state index contributed by atoms with van der Waals surface area (Å²) in [5.74, 6) is 1.12. The van der Waals surface area contributed by atoms with Gasteiger partial charge in [0.1, 0.15) is 5.75 Å². The van der Waals surface area contributed by atoms with Crippen LogP contribution >= 0.6 is 46.6 Å². The van der Waals surface area contributed by atoms with E-state index in [-0.39, 0.29) is 11.7 Å². The average Bonchev–Trinajstić information content (AvgIpc) is 3.12. The number of rotatable bonds is 8. The monoisotopic (exact) mass is 484 g/mol. The van der Waals surface area contributed by atoms with Crippen LogP contribution in [-0.2, 0) is 11.3 Å². The summed E-state index contributed by atoms with van der Waals surface area (Å²) in [4.78, 5) is 12.3. The molecule has 0 saturated heterocycles. The Morgan fingerprint density at radius 3 is 2.67 bits per heavy atom. The normalized spacial score (nSPS) is 11.9. The van der Waals surface area contributed by atoms with Crippen molar-refractivity contribution in [2.24, 2.45) is 0 Å². The topological polar surface area (TPSA) is 69.0 Å². The zero-order valence-electron chi connectivity index (χ0n) is 16.2. The van der Waals surface area contributed by atoms with Crippen LogP contribution in [0.25, 0.3) is 0 Å². The van der Waals surface area contributed by atoms with Crippen molar-refractivity contribution in [3.63, 3.8) is 0 Å². The number of nitrogens with one attached hydrogen (secondary N) is 1. The van der Waals surface area contributed by atoms with E-state index in [1.807, 2.05) is 18.4 Å². The summed E-state index contributed by atoms with van der Waals surface area (Å²) in [6, 6.07) is 12.0. The maximum absolute atomic E-state index is 12.3. The van der Waals surface area contributed by atoms with Crippen LogP contribution in [-0.4, -0.2) is 26.4 Å². The Kier molecular flexibility index (Phi) is 7.88. The van der Waals surface area contributed by atoms with E-state index < -0.39 is 6.10 Å². The molecule has 0 bridgehead atoms. The van der Waals surface area contributed by atoms with Crippen molar-refractivity contribution in [3.8, 4) is 5.75 Å². The minimum atomic E-state index is -0.414. The molecule has 158 valence electrons. The van der Waals surface area contributed by atoms with Crippen molar-refractivity contribution in [2.75, 3.05) is 11.1 Å². The molecule has 0 fully saturated rings. The first-order valence-electron chi connectivity index (χ1n) is 9.10. The number of amides is 1. The summed E-state index contributed by atoms with van der Waals surface area (Å²) in [6.07, 6.45) is -0.414. The number of benzene rings is 2. The molecule has 1 unspecified atom stereocenters. The number of aromatic nitrogens is 3. The molecule has 1 N–H and O–H groups in total. The first-order valence-corrected chi connectivity index (χ1v) is 11.2. The molecule has 2 aromatic carbocycles. The SMILES string of the molecule is CCn1c(SCC(=O)Nc2cccc(Cl)c2)nnc1C(C)Oc1cc(Cl)ccc1Cl. The van der Waals surface area contributed by atoms with E-state index in [9.17, 15) is 4.79 Å². The number of hydrogen-bond acceptors (Lipinski definition) is 5. The Bertz CT molecular complexity index is 1040. The number of nitrogens with zero attached hydrogens (tertiary/aromatic N) is 3. The van der Waals surface area contributed by atoms with Gasteiger partial charge in [-0.3, -0.25) is 4.79 Å². The third kappa shape index (κ3) is 5.82. The molecule has 0 aliphatic rings. The van der Waals surface area contributed by atoms with Crippen LogP contribution in [0.1, 0.15) is 25.8 Å². The van der Waals surface area contributed by atoms with E-state index in [4.69, 9.17) is 39.5 Å². The van der Waals surface area contributed by atoms with E-state index in [1.54, 1.807) is 42.5 Å². The maximum Gasteiger partial charge on any atom is 0.234 e. The second kappa shape index (κ2) is 10.4. The van der Waals surface area contributed by atoms with Crippen molar-refractivity contribution in [1.82, 2.24) is 14.8 Å². The molecule has 1 amide bonds. The Balaban J connectivity index is 1.66. The van der Waals surface area contributed by atoms with Gasteiger partial charge in [-0.2, -0.15) is 0 Å². The van der Waals surface area contributed by atoms with E-state index >= 15 is 0 Å². The highest BCUT2D eigenvalue weighted by Crippen LogP contribution is 2.32. The molecule has 0 spiro atoms. The van der Waals surface area contributed by atoms with Crippen molar-refractivity contribution in [2.45, 2.75) is 31.7 Å². The van der Waals surface area contributed by atoms with Gasteiger partial charge in [0.25, 0.3) is 0 Å². The molecule has 1 heterocycles. The van der Waals surface area contributed by atoms with Crippen molar-refractivity contribution >= 4 is 58.2 Å². The van der Waals surface area contributed by atoms with Crippen molar-refractivity contribution < 1.29 is 9.53 Å². The summed E-state index contributed by atoms with van der Waals surface area (Å²) < 4.78 is 7.85. The number of hydrogen-bond donors (Lipinski definition) is 1. The van der Waals surface area contributed by atoms with Crippen LogP contribution in [0.15, 0.2) is 47.6 Å². The molecule has 0 radical (unpaired) electrons. The summed E-state index contributed by atoms with van der Waals surface area (Å²) in [7, 11) is 0. The summed E-state index contributed by atoms with van der Waals surface area (Å²) in [5, 5.41) is 13.5. The second-order valence-corrected chi connectivity index (χ2v) is 8.49. The van der Waals surface area contributed by atoms with Crippen LogP contribution in [0.5, 0.6) is 5.75 Å². The molecule has 0 aliphatic carbocycles.